The lowest BCUT2D eigenvalue weighted by atomic mass is 9.79. The van der Waals surface area contributed by atoms with Gasteiger partial charge in [-0.2, -0.15) is 0 Å². The van der Waals surface area contributed by atoms with Gasteiger partial charge in [0.1, 0.15) is 5.82 Å². The lowest BCUT2D eigenvalue weighted by molar-refractivity contribution is 0.534. The van der Waals surface area contributed by atoms with Gasteiger partial charge in [-0.1, -0.05) is 52.3 Å². The molecule has 2 aromatic rings. The van der Waals surface area contributed by atoms with Crippen molar-refractivity contribution in [2.24, 2.45) is 0 Å². The first-order valence-electron chi connectivity index (χ1n) is 6.23. The number of hydrogen-bond acceptors (Lipinski definition) is 0. The molecule has 0 aliphatic carbocycles. The van der Waals surface area contributed by atoms with Crippen LogP contribution in [0.2, 0.25) is 0 Å². The summed E-state index contributed by atoms with van der Waals surface area (Å²) < 4.78 is 13.9. The first-order chi connectivity index (χ1) is 9.61. The molecule has 0 bridgehead atoms. The Morgan fingerprint density at radius 1 is 1.00 bits per heavy atom. The van der Waals surface area contributed by atoms with Crippen molar-refractivity contribution in [1.29, 1.82) is 0 Å². The molecule has 0 aromatic heterocycles. The molecule has 0 N–H and O–H groups in total. The van der Waals surface area contributed by atoms with Crippen molar-refractivity contribution < 1.29 is 4.39 Å². The minimum atomic E-state index is -0.356. The average molecular weight is 376 g/mol. The molecule has 106 valence electrons. The van der Waals surface area contributed by atoms with Gasteiger partial charge in [0.2, 0.25) is 0 Å². The van der Waals surface area contributed by atoms with Crippen LogP contribution in [0.3, 0.4) is 0 Å². The maximum Gasteiger partial charge on any atom is 0.124 e. The molecule has 20 heavy (non-hydrogen) atoms. The largest absolute Gasteiger partial charge is 0.207 e. The zero-order chi connectivity index (χ0) is 14.6. The molecule has 0 saturated heterocycles. The fraction of sp³-hybridized carbons (Fsp3) is 0.250. The predicted molar refractivity (Wildman–Crippen MR) is 87.4 cm³/mol. The van der Waals surface area contributed by atoms with Gasteiger partial charge in [-0.3, -0.25) is 0 Å². The number of alkyl halides is 2. The van der Waals surface area contributed by atoms with Crippen LogP contribution in [-0.2, 0) is 11.8 Å². The molecule has 0 amide bonds. The first kappa shape index (κ1) is 15.8. The Labute approximate surface area is 137 Å². The van der Waals surface area contributed by atoms with E-state index in [1.165, 1.54) is 12.1 Å². The van der Waals surface area contributed by atoms with Crippen molar-refractivity contribution in [2.45, 2.75) is 11.8 Å². The minimum absolute atomic E-state index is 0.261. The molecular formula is C16H14BrCl2F. The van der Waals surface area contributed by atoms with E-state index in [0.29, 0.717) is 18.2 Å². The van der Waals surface area contributed by atoms with Gasteiger partial charge in [-0.25, -0.2) is 4.39 Å². The van der Waals surface area contributed by atoms with E-state index in [1.54, 1.807) is 6.07 Å². The third kappa shape index (κ3) is 3.36. The van der Waals surface area contributed by atoms with Crippen LogP contribution in [0.25, 0.3) is 0 Å². The fourth-order valence-corrected chi connectivity index (χ4v) is 3.48. The summed E-state index contributed by atoms with van der Waals surface area (Å²) in [6.07, 6.45) is 0.658. The van der Waals surface area contributed by atoms with E-state index in [1.807, 2.05) is 30.3 Å². The monoisotopic (exact) mass is 374 g/mol. The van der Waals surface area contributed by atoms with E-state index >= 15 is 0 Å². The fourth-order valence-electron chi connectivity index (χ4n) is 2.21. The summed E-state index contributed by atoms with van der Waals surface area (Å²) in [4.78, 5) is 0. The van der Waals surface area contributed by atoms with Crippen LogP contribution in [0.1, 0.15) is 11.1 Å². The van der Waals surface area contributed by atoms with Crippen molar-refractivity contribution in [2.75, 3.05) is 11.8 Å². The molecule has 2 rings (SSSR count). The molecule has 0 spiro atoms. The Balaban J connectivity index is 2.39. The van der Waals surface area contributed by atoms with Crippen molar-refractivity contribution in [3.05, 3.63) is 69.9 Å². The Hall–Kier alpha value is -0.570. The van der Waals surface area contributed by atoms with Crippen molar-refractivity contribution in [3.8, 4) is 0 Å². The minimum Gasteiger partial charge on any atom is -0.207 e. The molecule has 0 nitrogen and oxygen atoms in total. The van der Waals surface area contributed by atoms with Gasteiger partial charge < -0.3 is 0 Å². The zero-order valence-electron chi connectivity index (χ0n) is 10.8. The Bertz CT molecular complexity index is 568. The van der Waals surface area contributed by atoms with Gasteiger partial charge >= 0.3 is 0 Å². The summed E-state index contributed by atoms with van der Waals surface area (Å²) in [6.45, 7) is 0. The molecule has 0 aliphatic rings. The summed E-state index contributed by atoms with van der Waals surface area (Å²) in [5, 5.41) is 0. The smallest absolute Gasteiger partial charge is 0.124 e. The highest BCUT2D eigenvalue weighted by Crippen LogP contribution is 2.34. The van der Waals surface area contributed by atoms with Gasteiger partial charge in [-0.05, 0) is 29.7 Å². The van der Waals surface area contributed by atoms with E-state index in [2.05, 4.69) is 15.9 Å². The van der Waals surface area contributed by atoms with Gasteiger partial charge in [0.05, 0.1) is 0 Å². The van der Waals surface area contributed by atoms with Gasteiger partial charge in [0.15, 0.2) is 0 Å². The van der Waals surface area contributed by atoms with Gasteiger partial charge in [0, 0.05) is 21.6 Å². The molecule has 0 fully saturated rings. The summed E-state index contributed by atoms with van der Waals surface area (Å²) in [5.41, 5.74) is 1.74. The molecule has 0 atom stereocenters. The van der Waals surface area contributed by atoms with Crippen LogP contribution in [0.5, 0.6) is 0 Å². The highest BCUT2D eigenvalue weighted by atomic mass is 79.9. The average Bonchev–Trinajstić information content (AvgIpc) is 2.48. The predicted octanol–water partition coefficient (Wildman–Crippen LogP) is 5.55. The van der Waals surface area contributed by atoms with Crippen LogP contribution < -0.4 is 0 Å². The molecular weight excluding hydrogens is 362 g/mol. The number of halogens is 4. The topological polar surface area (TPSA) is 0 Å². The Kier molecular flexibility index (Phi) is 5.48. The summed E-state index contributed by atoms with van der Waals surface area (Å²) >= 11 is 15.8. The maximum atomic E-state index is 13.2. The third-order valence-electron chi connectivity index (χ3n) is 3.44. The molecule has 0 radical (unpaired) electrons. The van der Waals surface area contributed by atoms with E-state index in [0.717, 1.165) is 15.6 Å². The molecule has 0 heterocycles. The van der Waals surface area contributed by atoms with Crippen molar-refractivity contribution in [1.82, 2.24) is 0 Å². The van der Waals surface area contributed by atoms with Crippen LogP contribution in [0.15, 0.2) is 53.0 Å². The van der Waals surface area contributed by atoms with Gasteiger partial charge in [0.25, 0.3) is 0 Å². The van der Waals surface area contributed by atoms with Crippen LogP contribution >= 0.6 is 39.1 Å². The molecule has 0 unspecified atom stereocenters. The maximum absolute atomic E-state index is 13.2. The molecule has 2 aromatic carbocycles. The van der Waals surface area contributed by atoms with Crippen LogP contribution in [-0.4, -0.2) is 11.8 Å². The highest BCUT2D eigenvalue weighted by molar-refractivity contribution is 9.10. The van der Waals surface area contributed by atoms with Crippen LogP contribution in [0.4, 0.5) is 4.39 Å². The second kappa shape index (κ2) is 6.93. The SMILES string of the molecule is Fc1ccc(CC(CCl)(CCl)c2ccccc2)c(Br)c1. The quantitative estimate of drug-likeness (QED) is 0.601. The zero-order valence-corrected chi connectivity index (χ0v) is 13.8. The second-order valence-corrected chi connectivity index (χ2v) is 6.21. The van der Waals surface area contributed by atoms with Crippen molar-refractivity contribution >= 4 is 39.1 Å². The molecule has 0 aliphatic heterocycles. The number of hydrogen-bond donors (Lipinski definition) is 0. The number of rotatable bonds is 5. The normalized spacial score (nSPS) is 11.6. The Morgan fingerprint density at radius 3 is 2.20 bits per heavy atom. The third-order valence-corrected chi connectivity index (χ3v) is 5.20. The number of benzene rings is 2. The summed E-state index contributed by atoms with van der Waals surface area (Å²) in [7, 11) is 0. The first-order valence-corrected chi connectivity index (χ1v) is 8.09. The lowest BCUT2D eigenvalue weighted by Crippen LogP contribution is -2.33. The highest BCUT2D eigenvalue weighted by Gasteiger charge is 2.31. The standard InChI is InChI=1S/C16H14BrCl2F/c17-15-8-14(20)7-6-12(15)9-16(10-18,11-19)13-4-2-1-3-5-13/h1-8H,9-11H2. The van der Waals surface area contributed by atoms with E-state index < -0.39 is 0 Å². The lowest BCUT2D eigenvalue weighted by Gasteiger charge is -2.31. The van der Waals surface area contributed by atoms with E-state index in [4.69, 9.17) is 23.2 Å². The van der Waals surface area contributed by atoms with E-state index in [9.17, 15) is 4.39 Å². The van der Waals surface area contributed by atoms with Gasteiger partial charge in [-0.15, -0.1) is 23.2 Å². The summed E-state index contributed by atoms with van der Waals surface area (Å²) in [6, 6.07) is 14.7. The second-order valence-electron chi connectivity index (χ2n) is 4.83. The van der Waals surface area contributed by atoms with Crippen molar-refractivity contribution in [3.63, 3.8) is 0 Å². The molecule has 0 saturated carbocycles. The molecule has 4 heteroatoms. The Morgan fingerprint density at radius 2 is 1.65 bits per heavy atom. The van der Waals surface area contributed by atoms with Crippen LogP contribution in [0, 0.1) is 5.82 Å². The van der Waals surface area contributed by atoms with E-state index in [-0.39, 0.29) is 11.2 Å². The summed E-state index contributed by atoms with van der Waals surface area (Å²) in [5.74, 6) is 0.553.